The van der Waals surface area contributed by atoms with E-state index in [2.05, 4.69) is 63.1 Å². The maximum absolute atomic E-state index is 5.94. The number of nitrogens with zero attached hydrogens (tertiary/aromatic N) is 1. The Hall–Kier alpha value is -1.16. The fourth-order valence-electron chi connectivity index (χ4n) is 4.68. The predicted octanol–water partition coefficient (Wildman–Crippen LogP) is 3.90. The predicted molar refractivity (Wildman–Crippen MR) is 99.9 cm³/mol. The Kier molecular flexibility index (Phi) is 3.63. The van der Waals surface area contributed by atoms with Crippen molar-refractivity contribution < 1.29 is 4.74 Å². The Morgan fingerprint density at radius 3 is 2.22 bits per heavy atom. The minimum atomic E-state index is -1.01. The molecule has 2 aromatic carbocycles. The molecule has 2 aliphatic rings. The number of ether oxygens (including phenoxy) is 1. The SMILES string of the molecule is Cc1c2c(c3ccccc3c1C)C2[SiH](C)N1CC(C)OC(C)C1. The van der Waals surface area contributed by atoms with Crippen LogP contribution < -0.4 is 0 Å². The summed E-state index contributed by atoms with van der Waals surface area (Å²) in [5.74, 6) is 0. The highest BCUT2D eigenvalue weighted by molar-refractivity contribution is 6.59. The van der Waals surface area contributed by atoms with E-state index < -0.39 is 8.96 Å². The summed E-state index contributed by atoms with van der Waals surface area (Å²) in [6.07, 6.45) is 0.741. The van der Waals surface area contributed by atoms with Crippen LogP contribution in [0.15, 0.2) is 24.3 Å². The Morgan fingerprint density at radius 2 is 1.57 bits per heavy atom. The van der Waals surface area contributed by atoms with E-state index in [0.29, 0.717) is 12.2 Å². The molecular formula is C20H27NOSi. The second-order valence-corrected chi connectivity index (χ2v) is 10.4. The lowest BCUT2D eigenvalue weighted by molar-refractivity contribution is -0.0461. The number of morpholine rings is 1. The molecule has 0 N–H and O–H groups in total. The quantitative estimate of drug-likeness (QED) is 0.776. The maximum Gasteiger partial charge on any atom is 0.120 e. The van der Waals surface area contributed by atoms with E-state index in [4.69, 9.17) is 4.74 Å². The van der Waals surface area contributed by atoms with Gasteiger partial charge in [-0.15, -0.1) is 0 Å². The highest BCUT2D eigenvalue weighted by atomic mass is 28.3. The van der Waals surface area contributed by atoms with Crippen LogP contribution in [0.2, 0.25) is 6.55 Å². The Balaban J connectivity index is 1.70. The van der Waals surface area contributed by atoms with E-state index in [1.54, 1.807) is 11.1 Å². The van der Waals surface area contributed by atoms with Crippen LogP contribution in [0.1, 0.15) is 41.6 Å². The lowest BCUT2D eigenvalue weighted by Gasteiger charge is -2.38. The monoisotopic (exact) mass is 325 g/mol. The highest BCUT2D eigenvalue weighted by Crippen LogP contribution is 2.53. The van der Waals surface area contributed by atoms with E-state index in [0.717, 1.165) is 18.6 Å². The average Bonchev–Trinajstić information content (AvgIpc) is 3.26. The third kappa shape index (κ3) is 2.37. The highest BCUT2D eigenvalue weighted by Gasteiger charge is 2.45. The van der Waals surface area contributed by atoms with Crippen molar-refractivity contribution in [3.63, 3.8) is 0 Å². The van der Waals surface area contributed by atoms with Gasteiger partial charge in [0.2, 0.25) is 0 Å². The first-order valence-corrected chi connectivity index (χ1v) is 11.2. The molecule has 2 aromatic rings. The molecule has 1 aliphatic carbocycles. The van der Waals surface area contributed by atoms with E-state index in [1.807, 2.05) is 0 Å². The van der Waals surface area contributed by atoms with Gasteiger partial charge in [0.15, 0.2) is 0 Å². The maximum atomic E-state index is 5.94. The minimum Gasteiger partial charge on any atom is -0.373 e. The molecule has 23 heavy (non-hydrogen) atoms. The normalized spacial score (nSPS) is 28.7. The summed E-state index contributed by atoms with van der Waals surface area (Å²) in [7, 11) is -1.01. The summed E-state index contributed by atoms with van der Waals surface area (Å²) in [5, 5.41) is 2.96. The van der Waals surface area contributed by atoms with Crippen molar-refractivity contribution in [2.24, 2.45) is 0 Å². The molecular weight excluding hydrogens is 298 g/mol. The number of fused-ring (bicyclic) bond motifs is 3. The molecule has 1 aliphatic heterocycles. The molecule has 0 saturated carbocycles. The standard InChI is InChI=1S/C20H27NOSi/c1-12-10-21(11-13(2)22-12)23(5)20-18-15(4)14(3)16-8-6-7-9-17(16)19(18)20/h6-9,12-13,20,23H,10-11H2,1-5H3. The van der Waals surface area contributed by atoms with E-state index in [1.165, 1.54) is 21.9 Å². The molecule has 0 amide bonds. The summed E-state index contributed by atoms with van der Waals surface area (Å²) >= 11 is 0. The lowest BCUT2D eigenvalue weighted by Crippen LogP contribution is -2.51. The Labute approximate surface area is 141 Å². The van der Waals surface area contributed by atoms with Gasteiger partial charge in [-0.05, 0) is 60.7 Å². The van der Waals surface area contributed by atoms with E-state index in [9.17, 15) is 0 Å². The smallest absolute Gasteiger partial charge is 0.120 e. The van der Waals surface area contributed by atoms with Crippen molar-refractivity contribution in [3.8, 4) is 0 Å². The summed E-state index contributed by atoms with van der Waals surface area (Å²) in [6, 6.07) is 8.98. The van der Waals surface area contributed by atoms with Crippen LogP contribution in [0.25, 0.3) is 10.8 Å². The molecule has 1 saturated heterocycles. The van der Waals surface area contributed by atoms with Crippen LogP contribution in [0.5, 0.6) is 0 Å². The van der Waals surface area contributed by atoms with Crippen molar-refractivity contribution in [2.45, 2.75) is 52.0 Å². The first-order chi connectivity index (χ1) is 11.0. The molecule has 1 heterocycles. The summed E-state index contributed by atoms with van der Waals surface area (Å²) in [6.45, 7) is 13.8. The average molecular weight is 326 g/mol. The zero-order valence-electron chi connectivity index (χ0n) is 14.9. The summed E-state index contributed by atoms with van der Waals surface area (Å²) in [4.78, 5) is 0. The molecule has 4 atom stereocenters. The van der Waals surface area contributed by atoms with Crippen molar-refractivity contribution in [3.05, 3.63) is 46.5 Å². The third-order valence-electron chi connectivity index (χ3n) is 5.92. The van der Waals surface area contributed by atoms with Gasteiger partial charge in [0.1, 0.15) is 8.96 Å². The zero-order valence-corrected chi connectivity index (χ0v) is 16.0. The molecule has 0 spiro atoms. The number of hydrogen-bond acceptors (Lipinski definition) is 2. The topological polar surface area (TPSA) is 12.5 Å². The fourth-order valence-corrected chi connectivity index (χ4v) is 8.02. The van der Waals surface area contributed by atoms with Crippen LogP contribution >= 0.6 is 0 Å². The van der Waals surface area contributed by atoms with Gasteiger partial charge in [0.05, 0.1) is 12.2 Å². The minimum absolute atomic E-state index is 0.370. The first kappa shape index (κ1) is 15.4. The Bertz CT molecular complexity index is 762. The third-order valence-corrected chi connectivity index (χ3v) is 9.13. The molecule has 0 radical (unpaired) electrons. The van der Waals surface area contributed by atoms with Gasteiger partial charge in [-0.25, -0.2) is 0 Å². The molecule has 1 fully saturated rings. The second-order valence-electron chi connectivity index (χ2n) is 7.55. The van der Waals surface area contributed by atoms with Gasteiger partial charge >= 0.3 is 0 Å². The van der Waals surface area contributed by atoms with E-state index in [-0.39, 0.29) is 0 Å². The van der Waals surface area contributed by atoms with Crippen molar-refractivity contribution in [2.75, 3.05) is 13.1 Å². The van der Waals surface area contributed by atoms with Gasteiger partial charge in [-0.1, -0.05) is 30.8 Å². The first-order valence-electron chi connectivity index (χ1n) is 8.90. The number of aryl methyl sites for hydroxylation is 1. The molecule has 4 rings (SSSR count). The van der Waals surface area contributed by atoms with Gasteiger partial charge in [0.25, 0.3) is 0 Å². The lowest BCUT2D eigenvalue weighted by atomic mass is 10.0. The van der Waals surface area contributed by atoms with Crippen LogP contribution in [-0.2, 0) is 4.74 Å². The van der Waals surface area contributed by atoms with Crippen LogP contribution in [0.4, 0.5) is 0 Å². The second kappa shape index (κ2) is 5.44. The van der Waals surface area contributed by atoms with Gasteiger partial charge in [-0.2, -0.15) is 0 Å². The van der Waals surface area contributed by atoms with Crippen molar-refractivity contribution in [1.29, 1.82) is 0 Å². The zero-order chi connectivity index (χ0) is 16.3. The molecule has 4 unspecified atom stereocenters. The molecule has 0 bridgehead atoms. The van der Waals surface area contributed by atoms with Crippen LogP contribution in [0, 0.1) is 13.8 Å². The van der Waals surface area contributed by atoms with Crippen LogP contribution in [-0.4, -0.2) is 38.8 Å². The van der Waals surface area contributed by atoms with E-state index >= 15 is 0 Å². The largest absolute Gasteiger partial charge is 0.373 e. The molecule has 122 valence electrons. The summed E-state index contributed by atoms with van der Waals surface area (Å²) < 4.78 is 8.71. The van der Waals surface area contributed by atoms with Crippen molar-refractivity contribution in [1.82, 2.24) is 4.57 Å². The summed E-state index contributed by atoms with van der Waals surface area (Å²) in [5.41, 5.74) is 7.09. The van der Waals surface area contributed by atoms with Crippen molar-refractivity contribution >= 4 is 19.7 Å². The number of benzene rings is 2. The Morgan fingerprint density at radius 1 is 0.957 bits per heavy atom. The van der Waals surface area contributed by atoms with Gasteiger partial charge in [-0.3, -0.25) is 0 Å². The van der Waals surface area contributed by atoms with Gasteiger partial charge in [0, 0.05) is 18.6 Å². The molecule has 3 heteroatoms. The molecule has 0 aromatic heterocycles. The number of rotatable bonds is 2. The molecule has 2 nitrogen and oxygen atoms in total. The van der Waals surface area contributed by atoms with Crippen LogP contribution in [0.3, 0.4) is 0 Å². The number of hydrogen-bond donors (Lipinski definition) is 0. The van der Waals surface area contributed by atoms with Gasteiger partial charge < -0.3 is 9.30 Å². The fraction of sp³-hybridized carbons (Fsp3) is 0.500.